The fourth-order valence-corrected chi connectivity index (χ4v) is 2.44. The van der Waals surface area contributed by atoms with Gasteiger partial charge >= 0.3 is 0 Å². The van der Waals surface area contributed by atoms with Gasteiger partial charge in [0.1, 0.15) is 5.82 Å². The van der Waals surface area contributed by atoms with Crippen molar-refractivity contribution in [1.29, 1.82) is 0 Å². The number of nitrogens with one attached hydrogen (secondary N) is 1. The van der Waals surface area contributed by atoms with Crippen LogP contribution >= 0.6 is 0 Å². The lowest BCUT2D eigenvalue weighted by molar-refractivity contribution is -0.128. The minimum atomic E-state index is 0.0207. The van der Waals surface area contributed by atoms with Gasteiger partial charge in [-0.2, -0.15) is 0 Å². The van der Waals surface area contributed by atoms with Gasteiger partial charge in [-0.25, -0.2) is 4.98 Å². The summed E-state index contributed by atoms with van der Waals surface area (Å²) in [5.41, 5.74) is 0. The SMILES string of the molecule is CCc1nccn1CCC(=O)NCCN1CCCC1=O. The van der Waals surface area contributed by atoms with E-state index in [4.69, 9.17) is 0 Å². The van der Waals surface area contributed by atoms with Crippen LogP contribution in [0.4, 0.5) is 0 Å². The Kier molecular flexibility index (Phi) is 5.15. The summed E-state index contributed by atoms with van der Waals surface area (Å²) in [6.45, 7) is 4.68. The van der Waals surface area contributed by atoms with Crippen molar-refractivity contribution in [2.24, 2.45) is 0 Å². The molecule has 0 radical (unpaired) electrons. The van der Waals surface area contributed by atoms with Gasteiger partial charge in [0.05, 0.1) is 0 Å². The minimum absolute atomic E-state index is 0.0207. The molecular weight excluding hydrogens is 256 g/mol. The van der Waals surface area contributed by atoms with E-state index in [0.717, 1.165) is 25.2 Å². The first-order chi connectivity index (χ1) is 9.70. The highest BCUT2D eigenvalue weighted by atomic mass is 16.2. The molecule has 2 amide bonds. The first-order valence-corrected chi connectivity index (χ1v) is 7.25. The molecule has 1 N–H and O–H groups in total. The zero-order chi connectivity index (χ0) is 14.4. The normalized spacial score (nSPS) is 14.8. The molecular formula is C14H22N4O2. The molecule has 0 unspecified atom stereocenters. The average Bonchev–Trinajstić information content (AvgIpc) is 3.05. The number of aromatic nitrogens is 2. The van der Waals surface area contributed by atoms with Crippen molar-refractivity contribution >= 4 is 11.8 Å². The van der Waals surface area contributed by atoms with Crippen molar-refractivity contribution in [2.45, 2.75) is 39.2 Å². The van der Waals surface area contributed by atoms with Crippen LogP contribution in [0, 0.1) is 0 Å². The molecule has 6 nitrogen and oxygen atoms in total. The highest BCUT2D eigenvalue weighted by molar-refractivity contribution is 5.78. The van der Waals surface area contributed by atoms with Gasteiger partial charge in [0.25, 0.3) is 0 Å². The number of likely N-dealkylation sites (tertiary alicyclic amines) is 1. The van der Waals surface area contributed by atoms with Crippen LogP contribution in [0.15, 0.2) is 12.4 Å². The molecule has 1 fully saturated rings. The molecule has 1 aliphatic rings. The third-order valence-electron chi connectivity index (χ3n) is 3.57. The maximum absolute atomic E-state index is 11.7. The number of amides is 2. The molecule has 1 aliphatic heterocycles. The fraction of sp³-hybridized carbons (Fsp3) is 0.643. The van der Waals surface area contributed by atoms with Crippen LogP contribution in [-0.2, 0) is 22.6 Å². The number of hydrogen-bond donors (Lipinski definition) is 1. The number of rotatable bonds is 7. The molecule has 0 bridgehead atoms. The maximum Gasteiger partial charge on any atom is 0.222 e. The molecule has 2 rings (SSSR count). The van der Waals surface area contributed by atoms with Gasteiger partial charge in [-0.1, -0.05) is 6.92 Å². The second kappa shape index (κ2) is 7.07. The van der Waals surface area contributed by atoms with Crippen LogP contribution in [0.2, 0.25) is 0 Å². The predicted octanol–water partition coefficient (Wildman–Crippen LogP) is 0.574. The van der Waals surface area contributed by atoms with E-state index in [2.05, 4.69) is 10.3 Å². The van der Waals surface area contributed by atoms with Gasteiger partial charge in [-0.05, 0) is 6.42 Å². The second-order valence-electron chi connectivity index (χ2n) is 4.97. The van der Waals surface area contributed by atoms with Gasteiger partial charge in [0.2, 0.25) is 11.8 Å². The molecule has 1 aromatic heterocycles. The van der Waals surface area contributed by atoms with Crippen molar-refractivity contribution in [2.75, 3.05) is 19.6 Å². The van der Waals surface area contributed by atoms with Crippen molar-refractivity contribution in [1.82, 2.24) is 19.8 Å². The summed E-state index contributed by atoms with van der Waals surface area (Å²) in [6.07, 6.45) is 6.55. The van der Waals surface area contributed by atoms with E-state index >= 15 is 0 Å². The number of carbonyl (C=O) groups is 2. The topological polar surface area (TPSA) is 67.2 Å². The van der Waals surface area contributed by atoms with Gasteiger partial charge in [-0.3, -0.25) is 9.59 Å². The van der Waals surface area contributed by atoms with E-state index in [0.29, 0.717) is 32.5 Å². The van der Waals surface area contributed by atoms with Gasteiger partial charge < -0.3 is 14.8 Å². The van der Waals surface area contributed by atoms with Gasteiger partial charge in [-0.15, -0.1) is 0 Å². The largest absolute Gasteiger partial charge is 0.354 e. The molecule has 2 heterocycles. The fourth-order valence-electron chi connectivity index (χ4n) is 2.44. The summed E-state index contributed by atoms with van der Waals surface area (Å²) in [7, 11) is 0. The average molecular weight is 278 g/mol. The van der Waals surface area contributed by atoms with E-state index in [1.54, 1.807) is 6.20 Å². The third kappa shape index (κ3) is 3.82. The molecule has 1 aromatic rings. The third-order valence-corrected chi connectivity index (χ3v) is 3.57. The van der Waals surface area contributed by atoms with E-state index in [-0.39, 0.29) is 11.8 Å². The molecule has 0 aliphatic carbocycles. The highest BCUT2D eigenvalue weighted by Gasteiger charge is 2.19. The lowest BCUT2D eigenvalue weighted by atomic mass is 10.3. The Morgan fingerprint density at radius 2 is 2.30 bits per heavy atom. The van der Waals surface area contributed by atoms with Crippen LogP contribution in [0.3, 0.4) is 0 Å². The Balaban J connectivity index is 1.64. The molecule has 1 saturated heterocycles. The molecule has 0 saturated carbocycles. The zero-order valence-electron chi connectivity index (χ0n) is 12.0. The van der Waals surface area contributed by atoms with Gasteiger partial charge in [0, 0.05) is 57.8 Å². The zero-order valence-corrected chi connectivity index (χ0v) is 12.0. The van der Waals surface area contributed by atoms with Crippen LogP contribution in [0.5, 0.6) is 0 Å². The highest BCUT2D eigenvalue weighted by Crippen LogP contribution is 2.08. The number of hydrogen-bond acceptors (Lipinski definition) is 3. The monoisotopic (exact) mass is 278 g/mol. The summed E-state index contributed by atoms with van der Waals surface area (Å²) >= 11 is 0. The lowest BCUT2D eigenvalue weighted by Gasteiger charge is -2.15. The van der Waals surface area contributed by atoms with Crippen LogP contribution in [-0.4, -0.2) is 45.9 Å². The molecule has 0 spiro atoms. The summed E-state index contributed by atoms with van der Waals surface area (Å²) in [5.74, 6) is 1.22. The Labute approximate surface area is 119 Å². The number of aryl methyl sites for hydroxylation is 2. The summed E-state index contributed by atoms with van der Waals surface area (Å²) in [6, 6.07) is 0. The lowest BCUT2D eigenvalue weighted by Crippen LogP contribution is -2.35. The van der Waals surface area contributed by atoms with E-state index in [1.807, 2.05) is 22.6 Å². The number of nitrogens with zero attached hydrogens (tertiary/aromatic N) is 3. The number of carbonyl (C=O) groups excluding carboxylic acids is 2. The maximum atomic E-state index is 11.7. The van der Waals surface area contributed by atoms with Crippen molar-refractivity contribution < 1.29 is 9.59 Å². The quantitative estimate of drug-likeness (QED) is 0.793. The summed E-state index contributed by atoms with van der Waals surface area (Å²) in [4.78, 5) is 29.2. The molecule has 110 valence electrons. The Morgan fingerprint density at radius 1 is 1.45 bits per heavy atom. The first-order valence-electron chi connectivity index (χ1n) is 7.25. The van der Waals surface area contributed by atoms with E-state index in [9.17, 15) is 9.59 Å². The minimum Gasteiger partial charge on any atom is -0.354 e. The first kappa shape index (κ1) is 14.6. The Hall–Kier alpha value is -1.85. The molecule has 6 heteroatoms. The van der Waals surface area contributed by atoms with E-state index in [1.165, 1.54) is 0 Å². The van der Waals surface area contributed by atoms with Crippen LogP contribution in [0.25, 0.3) is 0 Å². The van der Waals surface area contributed by atoms with E-state index < -0.39 is 0 Å². The van der Waals surface area contributed by atoms with Crippen molar-refractivity contribution in [3.8, 4) is 0 Å². The molecule has 0 aromatic carbocycles. The summed E-state index contributed by atoms with van der Waals surface area (Å²) < 4.78 is 2.00. The summed E-state index contributed by atoms with van der Waals surface area (Å²) in [5, 5.41) is 2.86. The standard InChI is InChI=1S/C14H22N4O2/c1-2-12-15-6-10-17(12)9-5-13(19)16-7-11-18-8-3-4-14(18)20/h6,10H,2-5,7-9,11H2,1H3,(H,16,19). The van der Waals surface area contributed by atoms with Crippen LogP contribution in [0.1, 0.15) is 32.0 Å². The second-order valence-corrected chi connectivity index (χ2v) is 4.97. The predicted molar refractivity (Wildman–Crippen MR) is 75.0 cm³/mol. The van der Waals surface area contributed by atoms with Crippen molar-refractivity contribution in [3.63, 3.8) is 0 Å². The smallest absolute Gasteiger partial charge is 0.222 e. The van der Waals surface area contributed by atoms with Gasteiger partial charge in [0.15, 0.2) is 0 Å². The van der Waals surface area contributed by atoms with Crippen LogP contribution < -0.4 is 5.32 Å². The number of imidazole rings is 1. The molecule has 0 atom stereocenters. The Morgan fingerprint density at radius 3 is 3.00 bits per heavy atom. The molecule has 20 heavy (non-hydrogen) atoms. The van der Waals surface area contributed by atoms with Crippen molar-refractivity contribution in [3.05, 3.63) is 18.2 Å². The Bertz CT molecular complexity index is 469.